The van der Waals surface area contributed by atoms with Crippen LogP contribution >= 0.6 is 7.75 Å². The van der Waals surface area contributed by atoms with Crippen molar-refractivity contribution in [2.24, 2.45) is 5.92 Å². The largest absolute Gasteiger partial charge is 0.432 e. The summed E-state index contributed by atoms with van der Waals surface area (Å²) in [6.45, 7) is 1.73. The summed E-state index contributed by atoms with van der Waals surface area (Å²) >= 11 is 0. The normalized spacial score (nSPS) is 18.9. The number of benzene rings is 2. The van der Waals surface area contributed by atoms with Crippen LogP contribution in [0.15, 0.2) is 85.5 Å². The highest BCUT2D eigenvalue weighted by molar-refractivity contribution is 7.51. The van der Waals surface area contributed by atoms with Crippen molar-refractivity contribution in [3.8, 4) is 0 Å². The van der Waals surface area contributed by atoms with Gasteiger partial charge in [0, 0.05) is 5.92 Å². The summed E-state index contributed by atoms with van der Waals surface area (Å²) in [5.74, 6) is -0.579. The average Bonchev–Trinajstić information content (AvgIpc) is 3.61. The molecule has 4 atom stereocenters. The first-order valence-electron chi connectivity index (χ1n) is 12.7. The summed E-state index contributed by atoms with van der Waals surface area (Å²) in [6.07, 6.45) is 7.48. The van der Waals surface area contributed by atoms with E-state index in [0.717, 1.165) is 5.56 Å². The second-order valence-electron chi connectivity index (χ2n) is 9.42. The summed E-state index contributed by atoms with van der Waals surface area (Å²) in [4.78, 5) is 42.0. The molecule has 0 spiro atoms. The number of carbonyl (C=O) groups is 1. The molecule has 0 saturated carbocycles. The molecule has 208 valence electrons. The lowest BCUT2D eigenvalue weighted by molar-refractivity contribution is -0.122. The van der Waals surface area contributed by atoms with Crippen LogP contribution in [0.2, 0.25) is 0 Å². The Balaban J connectivity index is 1.18. The van der Waals surface area contributed by atoms with E-state index in [-0.39, 0.29) is 25.2 Å². The third kappa shape index (κ3) is 6.37. The zero-order chi connectivity index (χ0) is 28.1. The second kappa shape index (κ2) is 12.0. The molecule has 12 nitrogen and oxygen atoms in total. The second-order valence-corrected chi connectivity index (χ2v) is 10.9. The van der Waals surface area contributed by atoms with Crippen LogP contribution in [0, 0.1) is 5.92 Å². The summed E-state index contributed by atoms with van der Waals surface area (Å²) < 4.78 is 20.0. The number of nitrogen functional groups attached to an aromatic ring is 1. The number of nitrogens with one attached hydrogen (secondary N) is 1. The van der Waals surface area contributed by atoms with Crippen LogP contribution in [0.25, 0.3) is 11.2 Å². The molecule has 40 heavy (non-hydrogen) atoms. The molecule has 0 bridgehead atoms. The number of amides is 1. The van der Waals surface area contributed by atoms with Gasteiger partial charge < -0.3 is 15.2 Å². The monoisotopic (exact) mass is 563 g/mol. The van der Waals surface area contributed by atoms with Crippen LogP contribution in [-0.4, -0.2) is 43.0 Å². The number of hydrogen-bond acceptors (Lipinski definition) is 9. The average molecular weight is 564 g/mol. The van der Waals surface area contributed by atoms with Crippen LogP contribution < -0.4 is 15.9 Å². The quantitative estimate of drug-likeness (QED) is 0.139. The Morgan fingerprint density at radius 3 is 2.62 bits per heavy atom. The lowest BCUT2D eigenvalue weighted by Crippen LogP contribution is -2.44. The lowest BCUT2D eigenvalue weighted by atomic mass is 10.1. The highest BCUT2D eigenvalue weighted by atomic mass is 31.2. The third-order valence-electron chi connectivity index (χ3n) is 6.56. The maximum atomic E-state index is 13.0. The number of fused-ring (bicyclic) bond motifs is 1. The highest BCUT2D eigenvalue weighted by Crippen LogP contribution is 2.40. The van der Waals surface area contributed by atoms with Crippen molar-refractivity contribution in [2.45, 2.75) is 32.0 Å². The molecule has 13 heteroatoms. The van der Waals surface area contributed by atoms with Crippen molar-refractivity contribution in [1.29, 1.82) is 0 Å². The van der Waals surface area contributed by atoms with Gasteiger partial charge in [0.25, 0.3) is 5.91 Å². The van der Waals surface area contributed by atoms with Crippen molar-refractivity contribution in [2.75, 3.05) is 17.4 Å². The molecule has 1 aliphatic rings. The van der Waals surface area contributed by atoms with E-state index in [9.17, 15) is 14.3 Å². The van der Waals surface area contributed by atoms with Crippen molar-refractivity contribution >= 4 is 36.3 Å². The predicted octanol–water partition coefficient (Wildman–Crippen LogP) is 3.79. The smallest absolute Gasteiger partial charge is 0.382 e. The number of anilines is 2. The number of hydrogen-bond donors (Lipinski definition) is 3. The maximum Gasteiger partial charge on any atom is 0.432 e. The Morgan fingerprint density at radius 1 is 1.15 bits per heavy atom. The molecule has 0 fully saturated rings. The highest BCUT2D eigenvalue weighted by Gasteiger charge is 2.32. The fraction of sp³-hybridized carbons (Fsp3) is 0.259. The summed E-state index contributed by atoms with van der Waals surface area (Å²) in [5, 5.41) is 3.57. The van der Waals surface area contributed by atoms with Gasteiger partial charge in [-0.05, 0) is 31.0 Å². The predicted molar refractivity (Wildman–Crippen MR) is 150 cm³/mol. The van der Waals surface area contributed by atoms with Gasteiger partial charge >= 0.3 is 7.75 Å². The Bertz CT molecular complexity index is 1530. The minimum Gasteiger partial charge on any atom is -0.382 e. The van der Waals surface area contributed by atoms with Gasteiger partial charge in [-0.1, -0.05) is 60.7 Å². The van der Waals surface area contributed by atoms with E-state index < -0.39 is 19.7 Å². The van der Waals surface area contributed by atoms with E-state index >= 15 is 0 Å². The minimum atomic E-state index is -4.46. The van der Waals surface area contributed by atoms with Gasteiger partial charge in [0.1, 0.15) is 17.9 Å². The molecular formula is C27H30N7O5P. The molecule has 4 aromatic rings. The molecule has 1 amide bonds. The number of imidazole rings is 1. The molecule has 2 aromatic heterocycles. The van der Waals surface area contributed by atoms with Gasteiger partial charge in [-0.2, -0.15) is 0 Å². The summed E-state index contributed by atoms with van der Waals surface area (Å²) in [5.41, 5.74) is 8.54. The number of para-hydroxylation sites is 1. The van der Waals surface area contributed by atoms with E-state index in [2.05, 4.69) is 20.0 Å². The Labute approximate surface area is 231 Å². The number of hydroxylamine groups is 1. The number of nitrogens with zero attached hydrogens (tertiary/aromatic N) is 5. The molecule has 2 heterocycles. The molecule has 5 rings (SSSR count). The van der Waals surface area contributed by atoms with Crippen LogP contribution in [0.1, 0.15) is 24.9 Å². The minimum absolute atomic E-state index is 0.0634. The van der Waals surface area contributed by atoms with Crippen molar-refractivity contribution in [3.05, 3.63) is 91.0 Å². The van der Waals surface area contributed by atoms with Gasteiger partial charge in [0.05, 0.1) is 31.3 Å². The molecule has 4 N–H and O–H groups in total. The number of aromatic nitrogens is 4. The lowest BCUT2D eigenvalue weighted by Gasteiger charge is -2.30. The molecule has 0 aliphatic heterocycles. The van der Waals surface area contributed by atoms with Crippen molar-refractivity contribution < 1.29 is 23.6 Å². The topological polar surface area (TPSA) is 158 Å². The van der Waals surface area contributed by atoms with E-state index in [1.165, 1.54) is 11.4 Å². The van der Waals surface area contributed by atoms with Gasteiger partial charge in [-0.15, -0.1) is 0 Å². The van der Waals surface area contributed by atoms with Crippen LogP contribution in [0.5, 0.6) is 0 Å². The molecule has 1 aliphatic carbocycles. The van der Waals surface area contributed by atoms with Gasteiger partial charge in [-0.25, -0.2) is 24.6 Å². The maximum absolute atomic E-state index is 13.0. The van der Waals surface area contributed by atoms with E-state index in [4.69, 9.17) is 15.1 Å². The van der Waals surface area contributed by atoms with Crippen LogP contribution in [0.3, 0.4) is 0 Å². The van der Waals surface area contributed by atoms with E-state index in [1.54, 1.807) is 25.4 Å². The fourth-order valence-corrected chi connectivity index (χ4v) is 5.39. The first-order chi connectivity index (χ1) is 19.3. The first kappa shape index (κ1) is 27.5. The molecule has 0 radical (unpaired) electrons. The number of carbonyl (C=O) groups excluding carboxylic acids is 1. The molecular weight excluding hydrogens is 533 g/mol. The molecule has 1 unspecified atom stereocenters. The van der Waals surface area contributed by atoms with Crippen molar-refractivity contribution in [1.82, 2.24) is 24.6 Å². The van der Waals surface area contributed by atoms with Gasteiger partial charge in [-0.3, -0.25) is 19.2 Å². The van der Waals surface area contributed by atoms with Crippen LogP contribution in [0.4, 0.5) is 11.5 Å². The van der Waals surface area contributed by atoms with Crippen LogP contribution in [-0.2, 0) is 25.3 Å². The van der Waals surface area contributed by atoms with Gasteiger partial charge in [0.15, 0.2) is 11.5 Å². The number of nitrogens with two attached hydrogens (primary N) is 1. The SMILES string of the molecule is C[C@@H](C(=O)NP(=O)(O)OC[C@H]1C=C[C@@H](n2cnc3c(N)ncnc32)C1)N(OCc1ccccc1)c1ccccc1. The zero-order valence-electron chi connectivity index (χ0n) is 21.8. The Kier molecular flexibility index (Phi) is 8.22. The first-order valence-corrected chi connectivity index (χ1v) is 14.3. The Hall–Kier alpha value is -4.09. The summed E-state index contributed by atoms with van der Waals surface area (Å²) in [6, 6.07) is 17.5. The number of allylic oxidation sites excluding steroid dienone is 1. The zero-order valence-corrected chi connectivity index (χ0v) is 22.7. The molecule has 0 saturated heterocycles. The molecule has 2 aromatic carbocycles. The van der Waals surface area contributed by atoms with Gasteiger partial charge in [0.2, 0.25) is 0 Å². The van der Waals surface area contributed by atoms with Crippen molar-refractivity contribution in [3.63, 3.8) is 0 Å². The summed E-state index contributed by atoms with van der Waals surface area (Å²) in [7, 11) is -4.46. The Morgan fingerprint density at radius 2 is 1.88 bits per heavy atom. The fourth-order valence-electron chi connectivity index (χ4n) is 4.47. The third-order valence-corrected chi connectivity index (χ3v) is 7.57. The van der Waals surface area contributed by atoms with E-state index in [1.807, 2.05) is 65.3 Å². The standard InChI is InChI=1S/C27H30N7O5P/c1-19(34(22-10-6-3-7-11-22)38-15-20-8-4-2-5-9-20)27(35)32-40(36,37)39-16-21-12-13-23(14-21)33-18-31-24-25(28)29-17-30-26(24)33/h2-13,17-19,21,23H,14-16H2,1H3,(H2,28,29,30)(H2,32,35,36,37)/t19-,21-,23+/m0/s1. The number of rotatable bonds is 11. The van der Waals surface area contributed by atoms with E-state index in [0.29, 0.717) is 29.1 Å².